The molecule has 1 aliphatic carbocycles. The molecule has 0 unspecified atom stereocenters. The number of esters is 1. The Balaban J connectivity index is 1.74. The average molecular weight is 378 g/mol. The van der Waals surface area contributed by atoms with Crippen molar-refractivity contribution in [2.45, 2.75) is 38.4 Å². The number of ketones is 1. The minimum atomic E-state index is -0.471. The van der Waals surface area contributed by atoms with Crippen molar-refractivity contribution in [2.75, 3.05) is 7.11 Å². The number of carbonyl (C=O) groups is 2. The van der Waals surface area contributed by atoms with Gasteiger partial charge >= 0.3 is 5.97 Å². The molecule has 28 heavy (non-hydrogen) atoms. The third kappa shape index (κ3) is 4.76. The quantitative estimate of drug-likeness (QED) is 0.552. The molecular weight excluding hydrogens is 352 g/mol. The number of carbonyl (C=O) groups excluding carboxylic acids is 2. The molecule has 0 bridgehead atoms. The summed E-state index contributed by atoms with van der Waals surface area (Å²) >= 11 is 0. The van der Waals surface area contributed by atoms with Crippen molar-refractivity contribution >= 4 is 11.8 Å². The van der Waals surface area contributed by atoms with Crippen LogP contribution in [-0.4, -0.2) is 31.1 Å². The first-order chi connectivity index (χ1) is 13.6. The monoisotopic (exact) mass is 378 g/mol. The highest BCUT2D eigenvalue weighted by Gasteiger charge is 2.41. The second-order valence-electron chi connectivity index (χ2n) is 7.13. The van der Waals surface area contributed by atoms with Gasteiger partial charge in [0.15, 0.2) is 0 Å². The summed E-state index contributed by atoms with van der Waals surface area (Å²) in [6.45, 7) is 1.96. The van der Waals surface area contributed by atoms with Gasteiger partial charge in [0.1, 0.15) is 18.0 Å². The number of hydrogen-bond donors (Lipinski definition) is 0. The highest BCUT2D eigenvalue weighted by atomic mass is 16.6. The molecule has 2 aromatic rings. The first-order valence-electron chi connectivity index (χ1n) is 9.62. The number of hydrogen-bond acceptors (Lipinski definition) is 4. The van der Waals surface area contributed by atoms with Gasteiger partial charge in [-0.05, 0) is 37.5 Å². The Kier molecular flexibility index (Phi) is 6.77. The van der Waals surface area contributed by atoms with Crippen molar-refractivity contribution in [1.82, 2.24) is 0 Å². The van der Waals surface area contributed by atoms with E-state index in [4.69, 9.17) is 9.47 Å². The Labute approximate surface area is 166 Å². The molecule has 0 N–H and O–H groups in total. The van der Waals surface area contributed by atoms with Crippen LogP contribution >= 0.6 is 0 Å². The number of ether oxygens (including phenoxy) is 2. The summed E-state index contributed by atoms with van der Waals surface area (Å²) in [5, 5.41) is 0. The number of methoxy groups -OCH3 is 1. The van der Waals surface area contributed by atoms with Gasteiger partial charge in [-0.15, -0.1) is 0 Å². The van der Waals surface area contributed by atoms with Crippen LogP contribution in [-0.2, 0) is 20.7 Å². The summed E-state index contributed by atoms with van der Waals surface area (Å²) in [6.07, 6.45) is 2.78. The molecule has 0 aliphatic heterocycles. The van der Waals surface area contributed by atoms with Crippen LogP contribution in [0.1, 0.15) is 35.7 Å². The predicted octanol–water partition coefficient (Wildman–Crippen LogP) is 4.40. The molecule has 4 nitrogen and oxygen atoms in total. The van der Waals surface area contributed by atoms with E-state index in [1.165, 1.54) is 5.56 Å². The number of Topliss-reactive ketones (excluding diaryl/α,β-unsaturated/α-hetero) is 1. The van der Waals surface area contributed by atoms with E-state index < -0.39 is 18.1 Å². The van der Waals surface area contributed by atoms with Gasteiger partial charge in [-0.1, -0.05) is 60.2 Å². The largest absolute Gasteiger partial charge is 0.456 e. The fourth-order valence-electron chi connectivity index (χ4n) is 3.73. The topological polar surface area (TPSA) is 52.6 Å². The molecule has 3 atom stereocenters. The predicted molar refractivity (Wildman–Crippen MR) is 108 cm³/mol. The lowest BCUT2D eigenvalue weighted by molar-refractivity contribution is -0.137. The molecule has 0 amide bonds. The van der Waals surface area contributed by atoms with Crippen LogP contribution < -0.4 is 0 Å². The van der Waals surface area contributed by atoms with Gasteiger partial charge in [-0.3, -0.25) is 4.79 Å². The zero-order valence-electron chi connectivity index (χ0n) is 16.3. The molecule has 1 saturated carbocycles. The van der Waals surface area contributed by atoms with E-state index in [1.807, 2.05) is 31.2 Å². The highest BCUT2D eigenvalue weighted by molar-refractivity contribution is 5.90. The van der Waals surface area contributed by atoms with Crippen LogP contribution in [0.2, 0.25) is 0 Å². The molecule has 146 valence electrons. The molecule has 1 fully saturated rings. The molecule has 0 aromatic heterocycles. The third-order valence-corrected chi connectivity index (χ3v) is 5.25. The lowest BCUT2D eigenvalue weighted by Crippen LogP contribution is -2.46. The SMILES string of the molecule is CO[C@H]1[C@H](C(C)=CCc2ccccc2)C(=O)CC[C@H]1OC(=O)c1ccccc1. The maximum atomic E-state index is 12.7. The zero-order chi connectivity index (χ0) is 19.9. The van der Waals surface area contributed by atoms with Gasteiger partial charge in [-0.2, -0.15) is 0 Å². The molecule has 3 rings (SSSR count). The Morgan fingerprint density at radius 3 is 2.36 bits per heavy atom. The second kappa shape index (κ2) is 9.47. The van der Waals surface area contributed by atoms with E-state index >= 15 is 0 Å². The van der Waals surface area contributed by atoms with Gasteiger partial charge in [0.05, 0.1) is 11.5 Å². The number of allylic oxidation sites excluding steroid dienone is 1. The Morgan fingerprint density at radius 2 is 1.71 bits per heavy atom. The van der Waals surface area contributed by atoms with Crippen LogP contribution in [0.3, 0.4) is 0 Å². The fraction of sp³-hybridized carbons (Fsp3) is 0.333. The van der Waals surface area contributed by atoms with Crippen molar-refractivity contribution in [1.29, 1.82) is 0 Å². The van der Waals surface area contributed by atoms with E-state index in [2.05, 4.69) is 18.2 Å². The van der Waals surface area contributed by atoms with Crippen LogP contribution in [0.15, 0.2) is 72.3 Å². The van der Waals surface area contributed by atoms with E-state index in [9.17, 15) is 9.59 Å². The first-order valence-corrected chi connectivity index (χ1v) is 9.62. The van der Waals surface area contributed by atoms with E-state index in [-0.39, 0.29) is 11.8 Å². The maximum absolute atomic E-state index is 12.7. The standard InChI is InChI=1S/C24H26O4/c1-17(13-14-18-9-5-3-6-10-18)22-20(25)15-16-21(23(22)27-2)28-24(26)19-11-7-4-8-12-19/h3-13,21-23H,14-16H2,1-2H3/t21-,22-,23-/m1/s1. The summed E-state index contributed by atoms with van der Waals surface area (Å²) in [7, 11) is 1.57. The Morgan fingerprint density at radius 1 is 1.07 bits per heavy atom. The van der Waals surface area contributed by atoms with Gasteiger partial charge in [0.25, 0.3) is 0 Å². The summed E-state index contributed by atoms with van der Waals surface area (Å²) < 4.78 is 11.4. The molecule has 0 spiro atoms. The minimum absolute atomic E-state index is 0.140. The smallest absolute Gasteiger partial charge is 0.338 e. The van der Waals surface area contributed by atoms with Gasteiger partial charge in [0.2, 0.25) is 0 Å². The molecular formula is C24H26O4. The van der Waals surface area contributed by atoms with Crippen LogP contribution in [0.4, 0.5) is 0 Å². The van der Waals surface area contributed by atoms with Crippen molar-refractivity contribution in [2.24, 2.45) is 5.92 Å². The summed E-state index contributed by atoms with van der Waals surface area (Å²) in [5.41, 5.74) is 2.65. The lowest BCUT2D eigenvalue weighted by Gasteiger charge is -2.36. The normalized spacial score (nSPS) is 22.7. The Hall–Kier alpha value is -2.72. The van der Waals surface area contributed by atoms with Crippen molar-refractivity contribution in [3.8, 4) is 0 Å². The molecule has 1 aliphatic rings. The van der Waals surface area contributed by atoms with Crippen LogP contribution in [0.25, 0.3) is 0 Å². The summed E-state index contributed by atoms with van der Waals surface area (Å²) in [4.78, 5) is 25.1. The number of rotatable bonds is 6. The van der Waals surface area contributed by atoms with Crippen molar-refractivity contribution < 1.29 is 19.1 Å². The van der Waals surface area contributed by atoms with Crippen LogP contribution in [0.5, 0.6) is 0 Å². The highest BCUT2D eigenvalue weighted by Crippen LogP contribution is 2.32. The van der Waals surface area contributed by atoms with E-state index in [0.717, 1.165) is 12.0 Å². The van der Waals surface area contributed by atoms with Crippen molar-refractivity contribution in [3.63, 3.8) is 0 Å². The third-order valence-electron chi connectivity index (χ3n) is 5.25. The molecule has 4 heteroatoms. The maximum Gasteiger partial charge on any atom is 0.338 e. The molecule has 0 saturated heterocycles. The fourth-order valence-corrected chi connectivity index (χ4v) is 3.73. The van der Waals surface area contributed by atoms with Gasteiger partial charge in [0, 0.05) is 13.5 Å². The van der Waals surface area contributed by atoms with Gasteiger partial charge in [-0.25, -0.2) is 4.79 Å². The average Bonchev–Trinajstić information content (AvgIpc) is 2.74. The molecule has 0 heterocycles. The molecule has 2 aromatic carbocycles. The number of benzene rings is 2. The Bertz CT molecular complexity index is 826. The first kappa shape index (κ1) is 20.0. The van der Waals surface area contributed by atoms with Gasteiger partial charge < -0.3 is 9.47 Å². The zero-order valence-corrected chi connectivity index (χ0v) is 16.3. The minimum Gasteiger partial charge on any atom is -0.456 e. The summed E-state index contributed by atoms with van der Waals surface area (Å²) in [6, 6.07) is 19.0. The van der Waals surface area contributed by atoms with E-state index in [0.29, 0.717) is 18.4 Å². The summed E-state index contributed by atoms with van der Waals surface area (Å²) in [5.74, 6) is -0.636. The van der Waals surface area contributed by atoms with Crippen LogP contribution in [0, 0.1) is 5.92 Å². The van der Waals surface area contributed by atoms with Crippen molar-refractivity contribution in [3.05, 3.63) is 83.4 Å². The lowest BCUT2D eigenvalue weighted by atomic mass is 9.78. The molecule has 0 radical (unpaired) electrons. The van der Waals surface area contributed by atoms with E-state index in [1.54, 1.807) is 31.4 Å². The second-order valence-corrected chi connectivity index (χ2v) is 7.13.